The number of benzene rings is 2. The Kier molecular flexibility index (Phi) is 5.55. The monoisotopic (exact) mass is 463 g/mol. The molecule has 0 saturated carbocycles. The van der Waals surface area contributed by atoms with E-state index in [-0.39, 0.29) is 0 Å². The van der Waals surface area contributed by atoms with Gasteiger partial charge in [0.15, 0.2) is 0 Å². The topological polar surface area (TPSA) is 57.8 Å². The second-order valence-corrected chi connectivity index (χ2v) is 8.28. The molecule has 0 saturated heterocycles. The number of aromatic nitrogens is 5. The predicted molar refractivity (Wildman–Crippen MR) is 126 cm³/mol. The zero-order chi connectivity index (χ0) is 22.1. The maximum absolute atomic E-state index is 6.48. The SMILES string of the molecule is Cn1cc(-c2ccc3nc(COc4cccnc4)n(Cc4cc(Cl)ccc4Cl)c3c2)cn1. The van der Waals surface area contributed by atoms with Crippen molar-refractivity contribution in [2.45, 2.75) is 13.2 Å². The van der Waals surface area contributed by atoms with Crippen molar-refractivity contribution in [1.29, 1.82) is 0 Å². The summed E-state index contributed by atoms with van der Waals surface area (Å²) in [6.07, 6.45) is 7.23. The number of imidazole rings is 1. The minimum Gasteiger partial charge on any atom is -0.484 e. The van der Waals surface area contributed by atoms with Gasteiger partial charge in [0, 0.05) is 35.1 Å². The third kappa shape index (κ3) is 4.20. The smallest absolute Gasteiger partial charge is 0.148 e. The molecule has 0 unspecified atom stereocenters. The van der Waals surface area contributed by atoms with Gasteiger partial charge in [0.25, 0.3) is 0 Å². The first-order valence-electron chi connectivity index (χ1n) is 10.0. The number of pyridine rings is 1. The molecule has 5 aromatic rings. The minimum atomic E-state index is 0.292. The van der Waals surface area contributed by atoms with Crippen molar-refractivity contribution < 1.29 is 4.74 Å². The molecule has 0 radical (unpaired) electrons. The lowest BCUT2D eigenvalue weighted by atomic mass is 10.1. The van der Waals surface area contributed by atoms with Crippen molar-refractivity contribution in [3.8, 4) is 16.9 Å². The van der Waals surface area contributed by atoms with Crippen LogP contribution in [0.1, 0.15) is 11.4 Å². The Hall–Kier alpha value is -3.35. The fourth-order valence-electron chi connectivity index (χ4n) is 3.62. The summed E-state index contributed by atoms with van der Waals surface area (Å²) in [6, 6.07) is 15.4. The summed E-state index contributed by atoms with van der Waals surface area (Å²) in [6.45, 7) is 0.804. The fourth-order valence-corrected chi connectivity index (χ4v) is 4.00. The van der Waals surface area contributed by atoms with Crippen LogP contribution in [-0.2, 0) is 20.2 Å². The van der Waals surface area contributed by atoms with Crippen molar-refractivity contribution in [1.82, 2.24) is 24.3 Å². The van der Waals surface area contributed by atoms with Crippen LogP contribution in [0.5, 0.6) is 5.75 Å². The highest BCUT2D eigenvalue weighted by molar-refractivity contribution is 6.33. The zero-order valence-corrected chi connectivity index (χ0v) is 18.8. The van der Waals surface area contributed by atoms with E-state index in [0.717, 1.165) is 33.5 Å². The molecule has 0 N–H and O–H groups in total. The van der Waals surface area contributed by atoms with Crippen LogP contribution in [0.4, 0.5) is 0 Å². The lowest BCUT2D eigenvalue weighted by molar-refractivity contribution is 0.290. The van der Waals surface area contributed by atoms with E-state index in [9.17, 15) is 0 Å². The number of hydrogen-bond donors (Lipinski definition) is 0. The summed E-state index contributed by atoms with van der Waals surface area (Å²) in [4.78, 5) is 8.94. The van der Waals surface area contributed by atoms with Crippen LogP contribution in [0, 0.1) is 0 Å². The minimum absolute atomic E-state index is 0.292. The molecule has 2 aromatic carbocycles. The van der Waals surface area contributed by atoms with Gasteiger partial charge in [0.1, 0.15) is 18.2 Å². The van der Waals surface area contributed by atoms with Gasteiger partial charge in [-0.2, -0.15) is 5.10 Å². The fraction of sp³-hybridized carbons (Fsp3) is 0.125. The standard InChI is InChI=1S/C24H19Cl2N5O/c1-30-13-18(11-28-30)16-4-7-22-23(10-16)31(14-17-9-19(25)5-6-21(17)26)24(29-22)15-32-20-3-2-8-27-12-20/h2-13H,14-15H2,1H3. The molecule has 0 amide bonds. The molecule has 0 aliphatic rings. The van der Waals surface area contributed by atoms with E-state index in [1.165, 1.54) is 0 Å². The van der Waals surface area contributed by atoms with E-state index in [4.69, 9.17) is 32.9 Å². The van der Waals surface area contributed by atoms with Gasteiger partial charge in [-0.3, -0.25) is 9.67 Å². The predicted octanol–water partition coefficient (Wildman–Crippen LogP) is 5.77. The summed E-state index contributed by atoms with van der Waals surface area (Å²) >= 11 is 12.7. The Balaban J connectivity index is 1.59. The molecule has 32 heavy (non-hydrogen) atoms. The molecule has 3 heterocycles. The van der Waals surface area contributed by atoms with Crippen LogP contribution in [0.25, 0.3) is 22.2 Å². The summed E-state index contributed by atoms with van der Waals surface area (Å²) < 4.78 is 9.86. The first kappa shape index (κ1) is 20.5. The number of hydrogen-bond acceptors (Lipinski definition) is 4. The average Bonchev–Trinajstić information content (AvgIpc) is 3.38. The summed E-state index contributed by atoms with van der Waals surface area (Å²) in [5, 5.41) is 5.58. The molecule has 160 valence electrons. The van der Waals surface area contributed by atoms with E-state index in [2.05, 4.69) is 26.8 Å². The lowest BCUT2D eigenvalue weighted by Crippen LogP contribution is -2.09. The van der Waals surface area contributed by atoms with Gasteiger partial charge in [-0.15, -0.1) is 0 Å². The molecular weight excluding hydrogens is 445 g/mol. The van der Waals surface area contributed by atoms with E-state index in [1.807, 2.05) is 49.8 Å². The maximum atomic E-state index is 6.48. The summed E-state index contributed by atoms with van der Waals surface area (Å²) in [5.41, 5.74) is 4.86. The zero-order valence-electron chi connectivity index (χ0n) is 17.2. The lowest BCUT2D eigenvalue weighted by Gasteiger charge is -2.12. The normalized spacial score (nSPS) is 11.2. The third-order valence-corrected chi connectivity index (χ3v) is 5.81. The molecule has 8 heteroatoms. The van der Waals surface area contributed by atoms with Crippen LogP contribution < -0.4 is 4.74 Å². The van der Waals surface area contributed by atoms with E-state index in [1.54, 1.807) is 23.1 Å². The summed E-state index contributed by atoms with van der Waals surface area (Å²) in [7, 11) is 1.90. The van der Waals surface area contributed by atoms with Crippen LogP contribution in [-0.4, -0.2) is 24.3 Å². The summed E-state index contributed by atoms with van der Waals surface area (Å²) in [5.74, 6) is 1.46. The highest BCUT2D eigenvalue weighted by atomic mass is 35.5. The molecule has 3 aromatic heterocycles. The second-order valence-electron chi connectivity index (χ2n) is 7.43. The first-order chi connectivity index (χ1) is 15.6. The number of nitrogens with zero attached hydrogens (tertiary/aromatic N) is 5. The average molecular weight is 464 g/mol. The number of fused-ring (bicyclic) bond motifs is 1. The van der Waals surface area contributed by atoms with E-state index in [0.29, 0.717) is 28.9 Å². The first-order valence-corrected chi connectivity index (χ1v) is 10.8. The molecule has 5 rings (SSSR count). The molecule has 0 aliphatic heterocycles. The Morgan fingerprint density at radius 3 is 2.69 bits per heavy atom. The molecule has 0 aliphatic carbocycles. The molecule has 0 spiro atoms. The van der Waals surface area contributed by atoms with Crippen LogP contribution in [0.15, 0.2) is 73.3 Å². The van der Waals surface area contributed by atoms with Crippen molar-refractivity contribution >= 4 is 34.2 Å². The van der Waals surface area contributed by atoms with Crippen molar-refractivity contribution in [2.75, 3.05) is 0 Å². The van der Waals surface area contributed by atoms with Gasteiger partial charge >= 0.3 is 0 Å². The van der Waals surface area contributed by atoms with Gasteiger partial charge in [-0.05, 0) is 53.6 Å². The van der Waals surface area contributed by atoms with Crippen molar-refractivity contribution in [3.63, 3.8) is 0 Å². The highest BCUT2D eigenvalue weighted by Crippen LogP contribution is 2.28. The van der Waals surface area contributed by atoms with Gasteiger partial charge in [-0.1, -0.05) is 29.3 Å². The molecule has 6 nitrogen and oxygen atoms in total. The van der Waals surface area contributed by atoms with Gasteiger partial charge < -0.3 is 9.30 Å². The quantitative estimate of drug-likeness (QED) is 0.320. The number of halogens is 2. The molecule has 0 fully saturated rings. The maximum Gasteiger partial charge on any atom is 0.148 e. The largest absolute Gasteiger partial charge is 0.484 e. The number of ether oxygens (including phenoxy) is 1. The number of aryl methyl sites for hydroxylation is 1. The van der Waals surface area contributed by atoms with Crippen LogP contribution in [0.3, 0.4) is 0 Å². The molecule has 0 bridgehead atoms. The van der Waals surface area contributed by atoms with Crippen LogP contribution >= 0.6 is 23.2 Å². The number of rotatable bonds is 6. The van der Waals surface area contributed by atoms with E-state index >= 15 is 0 Å². The Labute approximate surface area is 195 Å². The van der Waals surface area contributed by atoms with Crippen molar-refractivity contribution in [3.05, 3.63) is 94.8 Å². The molecule has 0 atom stereocenters. The van der Waals surface area contributed by atoms with Gasteiger partial charge in [0.05, 0.1) is 30.0 Å². The van der Waals surface area contributed by atoms with E-state index < -0.39 is 0 Å². The molecular formula is C24H19Cl2N5O. The van der Waals surface area contributed by atoms with Gasteiger partial charge in [0.2, 0.25) is 0 Å². The third-order valence-electron chi connectivity index (χ3n) is 5.20. The van der Waals surface area contributed by atoms with Gasteiger partial charge in [-0.25, -0.2) is 4.98 Å². The Bertz CT molecular complexity index is 1390. The Morgan fingerprint density at radius 1 is 1.00 bits per heavy atom. The Morgan fingerprint density at radius 2 is 1.91 bits per heavy atom. The van der Waals surface area contributed by atoms with Crippen LogP contribution in [0.2, 0.25) is 10.0 Å². The highest BCUT2D eigenvalue weighted by Gasteiger charge is 2.15. The van der Waals surface area contributed by atoms with Crippen molar-refractivity contribution in [2.24, 2.45) is 7.05 Å². The second kappa shape index (κ2) is 8.65.